The van der Waals surface area contributed by atoms with Gasteiger partial charge in [-0.2, -0.15) is 4.98 Å². The maximum absolute atomic E-state index is 12.5. The Morgan fingerprint density at radius 2 is 2.17 bits per heavy atom. The number of amides is 3. The van der Waals surface area contributed by atoms with Gasteiger partial charge in [0.2, 0.25) is 11.8 Å². The van der Waals surface area contributed by atoms with Crippen LogP contribution in [0.1, 0.15) is 42.1 Å². The zero-order valence-corrected chi connectivity index (χ0v) is 16.6. The number of likely N-dealkylation sites (tertiary alicyclic amines) is 2. The van der Waals surface area contributed by atoms with Crippen LogP contribution < -0.4 is 10.1 Å². The Morgan fingerprint density at radius 3 is 2.93 bits per heavy atom. The van der Waals surface area contributed by atoms with Crippen LogP contribution in [-0.4, -0.2) is 65.7 Å². The van der Waals surface area contributed by atoms with Gasteiger partial charge in [-0.15, -0.1) is 0 Å². The molecule has 0 radical (unpaired) electrons. The van der Waals surface area contributed by atoms with Crippen molar-refractivity contribution < 1.29 is 18.8 Å². The second kappa shape index (κ2) is 8.10. The summed E-state index contributed by atoms with van der Waals surface area (Å²) in [5.74, 6) is 1.96. The van der Waals surface area contributed by atoms with E-state index in [0.717, 1.165) is 24.2 Å². The molecule has 1 unspecified atom stereocenters. The number of urea groups is 1. The van der Waals surface area contributed by atoms with Crippen molar-refractivity contribution in [2.24, 2.45) is 0 Å². The summed E-state index contributed by atoms with van der Waals surface area (Å²) >= 11 is 0. The average molecular weight is 399 g/mol. The Morgan fingerprint density at radius 1 is 1.34 bits per heavy atom. The highest BCUT2D eigenvalue weighted by molar-refractivity contribution is 5.80. The Bertz CT molecular complexity index is 893. The van der Waals surface area contributed by atoms with Gasteiger partial charge in [-0.3, -0.25) is 4.79 Å². The third kappa shape index (κ3) is 3.90. The van der Waals surface area contributed by atoms with E-state index in [1.165, 1.54) is 0 Å². The van der Waals surface area contributed by atoms with Gasteiger partial charge in [0.05, 0.1) is 19.4 Å². The van der Waals surface area contributed by atoms with Gasteiger partial charge in [0.25, 0.3) is 0 Å². The minimum Gasteiger partial charge on any atom is -0.497 e. The van der Waals surface area contributed by atoms with Crippen molar-refractivity contribution in [3.8, 4) is 5.75 Å². The Hall–Kier alpha value is -3.10. The second-order valence-electron chi connectivity index (χ2n) is 7.42. The van der Waals surface area contributed by atoms with Crippen molar-refractivity contribution in [3.63, 3.8) is 0 Å². The summed E-state index contributed by atoms with van der Waals surface area (Å²) < 4.78 is 10.7. The monoisotopic (exact) mass is 399 g/mol. The predicted molar refractivity (Wildman–Crippen MR) is 103 cm³/mol. The minimum atomic E-state index is -0.179. The molecular formula is C20H25N5O4. The Kier molecular flexibility index (Phi) is 5.37. The van der Waals surface area contributed by atoms with Crippen molar-refractivity contribution in [2.75, 3.05) is 33.8 Å². The highest BCUT2D eigenvalue weighted by Crippen LogP contribution is 2.33. The molecule has 2 aliphatic heterocycles. The summed E-state index contributed by atoms with van der Waals surface area (Å²) in [5, 5.41) is 6.75. The van der Waals surface area contributed by atoms with Crippen molar-refractivity contribution in [1.29, 1.82) is 0 Å². The zero-order chi connectivity index (χ0) is 20.4. The van der Waals surface area contributed by atoms with E-state index in [4.69, 9.17) is 9.26 Å². The molecule has 2 aromatic rings. The number of hydrogen-bond acceptors (Lipinski definition) is 6. The number of aromatic nitrogens is 2. The van der Waals surface area contributed by atoms with Gasteiger partial charge in [-0.05, 0) is 30.5 Å². The number of hydrogen-bond donors (Lipinski definition) is 1. The topological polar surface area (TPSA) is 101 Å². The van der Waals surface area contributed by atoms with Crippen LogP contribution in [0.4, 0.5) is 4.79 Å². The van der Waals surface area contributed by atoms with Crippen molar-refractivity contribution in [2.45, 2.75) is 31.2 Å². The predicted octanol–water partition coefficient (Wildman–Crippen LogP) is 1.72. The van der Waals surface area contributed by atoms with Gasteiger partial charge in [0.1, 0.15) is 11.8 Å². The molecule has 3 amide bonds. The molecule has 3 heterocycles. The lowest BCUT2D eigenvalue weighted by atomic mass is 9.98. The number of nitrogens with one attached hydrogen (secondary N) is 1. The van der Waals surface area contributed by atoms with Crippen LogP contribution in [0.15, 0.2) is 28.8 Å². The average Bonchev–Trinajstić information content (AvgIpc) is 3.35. The van der Waals surface area contributed by atoms with E-state index in [2.05, 4.69) is 15.5 Å². The van der Waals surface area contributed by atoms with Gasteiger partial charge in [-0.25, -0.2) is 4.79 Å². The molecule has 0 bridgehead atoms. The smallest absolute Gasteiger partial charge is 0.317 e. The van der Waals surface area contributed by atoms with Gasteiger partial charge >= 0.3 is 6.03 Å². The van der Waals surface area contributed by atoms with Gasteiger partial charge < -0.3 is 24.4 Å². The molecule has 1 aromatic heterocycles. The fourth-order valence-corrected chi connectivity index (χ4v) is 3.87. The molecule has 1 atom stereocenters. The molecule has 154 valence electrons. The van der Waals surface area contributed by atoms with Gasteiger partial charge in [0.15, 0.2) is 5.82 Å². The van der Waals surface area contributed by atoms with E-state index in [9.17, 15) is 9.59 Å². The number of carbonyl (C=O) groups excluding carboxylic acids is 2. The number of methoxy groups -OCH3 is 1. The Labute approximate surface area is 169 Å². The molecule has 0 spiro atoms. The first-order valence-electron chi connectivity index (χ1n) is 9.81. The molecule has 2 saturated heterocycles. The highest BCUT2D eigenvalue weighted by atomic mass is 16.5. The van der Waals surface area contributed by atoms with E-state index in [-0.39, 0.29) is 23.9 Å². The second-order valence-corrected chi connectivity index (χ2v) is 7.42. The summed E-state index contributed by atoms with van der Waals surface area (Å²) in [7, 11) is 3.22. The van der Waals surface area contributed by atoms with Gasteiger partial charge in [0, 0.05) is 26.7 Å². The van der Waals surface area contributed by atoms with E-state index in [1.54, 1.807) is 24.0 Å². The number of ether oxygens (including phenoxy) is 1. The lowest BCUT2D eigenvalue weighted by molar-refractivity contribution is -0.135. The molecule has 9 heteroatoms. The van der Waals surface area contributed by atoms with Crippen LogP contribution in [0.2, 0.25) is 0 Å². The molecule has 0 aliphatic carbocycles. The maximum Gasteiger partial charge on any atom is 0.317 e. The van der Waals surface area contributed by atoms with Crippen molar-refractivity contribution in [1.82, 2.24) is 25.3 Å². The fourth-order valence-electron chi connectivity index (χ4n) is 3.87. The molecule has 1 N–H and O–H groups in total. The first kappa shape index (κ1) is 19.2. The SMILES string of the molecule is CNC(=O)N1CCCC1c1nc(C2CN(C(=O)Cc3cccc(OC)c3)C2)no1. The normalized spacial score (nSPS) is 19.2. The standard InChI is InChI=1S/C20H25N5O4/c1-21-20(27)25-8-4-7-16(25)19-22-18(23-29-19)14-11-24(12-14)17(26)10-13-5-3-6-15(9-13)28-2/h3,5-6,9,14,16H,4,7-8,10-12H2,1-2H3,(H,21,27). The molecular weight excluding hydrogens is 374 g/mol. The van der Waals surface area contributed by atoms with E-state index >= 15 is 0 Å². The third-order valence-corrected chi connectivity index (χ3v) is 5.56. The number of carbonyl (C=O) groups is 2. The van der Waals surface area contributed by atoms with E-state index < -0.39 is 0 Å². The molecule has 2 aliphatic rings. The van der Waals surface area contributed by atoms with Crippen molar-refractivity contribution in [3.05, 3.63) is 41.5 Å². The van der Waals surface area contributed by atoms with Crippen LogP contribution in [0.5, 0.6) is 5.75 Å². The van der Waals surface area contributed by atoms with E-state index in [0.29, 0.717) is 37.8 Å². The molecule has 2 fully saturated rings. The summed E-state index contributed by atoms with van der Waals surface area (Å²) in [6, 6.07) is 7.22. The third-order valence-electron chi connectivity index (χ3n) is 5.56. The van der Waals surface area contributed by atoms with Crippen molar-refractivity contribution >= 4 is 11.9 Å². The zero-order valence-electron chi connectivity index (χ0n) is 16.6. The summed E-state index contributed by atoms with van der Waals surface area (Å²) in [6.07, 6.45) is 2.06. The number of rotatable bonds is 5. The summed E-state index contributed by atoms with van der Waals surface area (Å²) in [4.78, 5) is 32.5. The van der Waals surface area contributed by atoms with Crippen LogP contribution in [0.25, 0.3) is 0 Å². The molecule has 4 rings (SSSR count). The lowest BCUT2D eigenvalue weighted by Crippen LogP contribution is -2.49. The van der Waals surface area contributed by atoms with Crippen LogP contribution in [0.3, 0.4) is 0 Å². The molecule has 0 saturated carbocycles. The minimum absolute atomic E-state index is 0.0663. The summed E-state index contributed by atoms with van der Waals surface area (Å²) in [6.45, 7) is 1.83. The number of nitrogens with zero attached hydrogens (tertiary/aromatic N) is 4. The van der Waals surface area contributed by atoms with Gasteiger partial charge in [-0.1, -0.05) is 17.3 Å². The fraction of sp³-hybridized carbons (Fsp3) is 0.500. The quantitative estimate of drug-likeness (QED) is 0.822. The molecule has 29 heavy (non-hydrogen) atoms. The maximum atomic E-state index is 12.5. The van der Waals surface area contributed by atoms with Crippen LogP contribution >= 0.6 is 0 Å². The van der Waals surface area contributed by atoms with Crippen LogP contribution in [0, 0.1) is 0 Å². The van der Waals surface area contributed by atoms with E-state index in [1.807, 2.05) is 24.3 Å². The summed E-state index contributed by atoms with van der Waals surface area (Å²) in [5.41, 5.74) is 0.926. The largest absolute Gasteiger partial charge is 0.497 e. The highest BCUT2D eigenvalue weighted by Gasteiger charge is 2.38. The Balaban J connectivity index is 1.33. The first-order valence-corrected chi connectivity index (χ1v) is 9.81. The number of benzene rings is 1. The molecule has 1 aromatic carbocycles. The van der Waals surface area contributed by atoms with Crippen LogP contribution in [-0.2, 0) is 11.2 Å². The molecule has 9 nitrogen and oxygen atoms in total. The lowest BCUT2D eigenvalue weighted by Gasteiger charge is -2.37. The first-order chi connectivity index (χ1) is 14.1.